The minimum absolute atomic E-state index is 0.0744. The molecule has 0 saturated heterocycles. The van der Waals surface area contributed by atoms with E-state index in [9.17, 15) is 4.79 Å². The quantitative estimate of drug-likeness (QED) is 0.541. The molecule has 0 bridgehead atoms. The molecule has 3 rings (SSSR count). The Morgan fingerprint density at radius 2 is 2.04 bits per heavy atom. The van der Waals surface area contributed by atoms with Crippen molar-refractivity contribution in [1.82, 2.24) is 19.4 Å². The maximum atomic E-state index is 12.6. The molecule has 0 unspecified atom stereocenters. The minimum Gasteiger partial charge on any atom is -0.323 e. The van der Waals surface area contributed by atoms with Crippen molar-refractivity contribution in [2.24, 2.45) is 4.99 Å². The molecule has 134 valence electrons. The van der Waals surface area contributed by atoms with Crippen LogP contribution in [-0.2, 0) is 6.54 Å². The third kappa shape index (κ3) is 4.12. The summed E-state index contributed by atoms with van der Waals surface area (Å²) in [6.45, 7) is 1.59. The summed E-state index contributed by atoms with van der Waals surface area (Å²) in [5.74, 6) is 0.116. The van der Waals surface area contributed by atoms with E-state index < -0.39 is 0 Å². The average Bonchev–Trinajstić information content (AvgIpc) is 2.64. The Morgan fingerprint density at radius 3 is 2.77 bits per heavy atom. The maximum Gasteiger partial charge on any atom is 0.261 e. The number of fused-ring (bicyclic) bond motifs is 1. The molecule has 3 aromatic rings. The van der Waals surface area contributed by atoms with Gasteiger partial charge in [-0.2, -0.15) is 4.99 Å². The van der Waals surface area contributed by atoms with E-state index >= 15 is 0 Å². The van der Waals surface area contributed by atoms with Gasteiger partial charge in [0.1, 0.15) is 0 Å². The van der Waals surface area contributed by atoms with Gasteiger partial charge in [0, 0.05) is 24.5 Å². The molecule has 2 N–H and O–H groups in total. The molecule has 0 spiro atoms. The fourth-order valence-corrected chi connectivity index (χ4v) is 2.66. The Bertz CT molecular complexity index is 1030. The molecule has 0 amide bonds. The van der Waals surface area contributed by atoms with E-state index in [4.69, 9.17) is 5.41 Å². The Kier molecular flexibility index (Phi) is 5.38. The fraction of sp³-hybridized carbons (Fsp3) is 0.263. The maximum absolute atomic E-state index is 12.6. The van der Waals surface area contributed by atoms with Gasteiger partial charge in [-0.25, -0.2) is 4.98 Å². The van der Waals surface area contributed by atoms with E-state index in [-0.39, 0.29) is 11.4 Å². The van der Waals surface area contributed by atoms with Gasteiger partial charge < -0.3 is 14.5 Å². The number of aromatic nitrogens is 3. The highest BCUT2D eigenvalue weighted by Crippen LogP contribution is 2.03. The second kappa shape index (κ2) is 7.88. The molecule has 1 aromatic carbocycles. The summed E-state index contributed by atoms with van der Waals surface area (Å²) in [4.78, 5) is 26.1. The summed E-state index contributed by atoms with van der Waals surface area (Å²) in [6.07, 6.45) is 4.20. The lowest BCUT2D eigenvalue weighted by molar-refractivity contribution is 0.385. The molecular weight excluding hydrogens is 328 g/mol. The van der Waals surface area contributed by atoms with Crippen LogP contribution in [0.4, 0.5) is 0 Å². The van der Waals surface area contributed by atoms with Gasteiger partial charge in [-0.15, -0.1) is 0 Å². The van der Waals surface area contributed by atoms with E-state index in [0.29, 0.717) is 28.6 Å². The highest BCUT2D eigenvalue weighted by molar-refractivity contribution is 5.96. The molecule has 2 aromatic heterocycles. The Labute approximate surface area is 151 Å². The van der Waals surface area contributed by atoms with Crippen molar-refractivity contribution in [3.63, 3.8) is 0 Å². The summed E-state index contributed by atoms with van der Waals surface area (Å²) in [7, 11) is 4.03. The van der Waals surface area contributed by atoms with Crippen molar-refractivity contribution in [1.29, 1.82) is 5.41 Å². The van der Waals surface area contributed by atoms with Crippen molar-refractivity contribution in [3.8, 4) is 0 Å². The number of rotatable bonds is 5. The van der Waals surface area contributed by atoms with Crippen LogP contribution >= 0.6 is 0 Å². The second-order valence-electron chi connectivity index (χ2n) is 6.33. The van der Waals surface area contributed by atoms with Crippen molar-refractivity contribution in [2.45, 2.75) is 13.0 Å². The molecule has 0 radical (unpaired) electrons. The van der Waals surface area contributed by atoms with Gasteiger partial charge in [0.25, 0.3) is 5.56 Å². The fourth-order valence-electron chi connectivity index (χ4n) is 2.66. The largest absolute Gasteiger partial charge is 0.323 e. The third-order valence-corrected chi connectivity index (χ3v) is 4.03. The smallest absolute Gasteiger partial charge is 0.261 e. The number of aromatic amines is 1. The second-order valence-corrected chi connectivity index (χ2v) is 6.33. The van der Waals surface area contributed by atoms with E-state index in [0.717, 1.165) is 13.0 Å². The molecule has 26 heavy (non-hydrogen) atoms. The van der Waals surface area contributed by atoms with Crippen molar-refractivity contribution in [3.05, 3.63) is 70.3 Å². The van der Waals surface area contributed by atoms with Gasteiger partial charge in [-0.3, -0.25) is 10.2 Å². The number of hydrogen-bond acceptors (Lipinski definition) is 4. The number of hydrogen-bond donors (Lipinski definition) is 2. The molecule has 0 saturated carbocycles. The zero-order chi connectivity index (χ0) is 18.5. The zero-order valence-corrected chi connectivity index (χ0v) is 14.9. The molecule has 0 atom stereocenters. The number of benzene rings is 1. The molecular formula is C19H22N6O. The molecule has 0 aliphatic rings. The van der Waals surface area contributed by atoms with Gasteiger partial charge in [0.15, 0.2) is 5.84 Å². The first-order chi connectivity index (χ1) is 12.5. The first kappa shape index (κ1) is 17.8. The van der Waals surface area contributed by atoms with Gasteiger partial charge in [-0.1, -0.05) is 30.3 Å². The summed E-state index contributed by atoms with van der Waals surface area (Å²) in [5.41, 5.74) is 1.60. The van der Waals surface area contributed by atoms with Crippen molar-refractivity contribution in [2.75, 3.05) is 20.6 Å². The average molecular weight is 350 g/mol. The number of nitrogens with one attached hydrogen (secondary N) is 2. The van der Waals surface area contributed by atoms with Gasteiger partial charge in [0.05, 0.1) is 10.9 Å². The van der Waals surface area contributed by atoms with Crippen LogP contribution in [0, 0.1) is 5.41 Å². The minimum atomic E-state index is -0.0744. The number of H-pyrrole nitrogens is 1. The lowest BCUT2D eigenvalue weighted by Crippen LogP contribution is -2.24. The Morgan fingerprint density at radius 1 is 1.27 bits per heavy atom. The summed E-state index contributed by atoms with van der Waals surface area (Å²) >= 11 is 0. The third-order valence-electron chi connectivity index (χ3n) is 4.03. The van der Waals surface area contributed by atoms with Crippen molar-refractivity contribution < 1.29 is 0 Å². The topological polar surface area (TPSA) is 90.1 Å². The van der Waals surface area contributed by atoms with Crippen LogP contribution in [0.25, 0.3) is 10.9 Å². The predicted octanol–water partition coefficient (Wildman–Crippen LogP) is 1.60. The van der Waals surface area contributed by atoms with Gasteiger partial charge in [0.2, 0.25) is 5.62 Å². The van der Waals surface area contributed by atoms with E-state index in [1.165, 1.54) is 6.20 Å². The highest BCUT2D eigenvalue weighted by Gasteiger charge is 2.05. The first-order valence-corrected chi connectivity index (χ1v) is 8.46. The van der Waals surface area contributed by atoms with E-state index in [1.807, 2.05) is 50.5 Å². The lowest BCUT2D eigenvalue weighted by atomic mass is 10.2. The SMILES string of the molecule is CN(C)CCCn1ccc2[nH]/c(=N\C(=N)c3ccccc3)ncc2c1=O. The number of amidine groups is 1. The molecule has 0 aliphatic heterocycles. The molecule has 7 heteroatoms. The van der Waals surface area contributed by atoms with Crippen LogP contribution in [-0.4, -0.2) is 45.9 Å². The van der Waals surface area contributed by atoms with E-state index in [2.05, 4.69) is 19.9 Å². The van der Waals surface area contributed by atoms with Crippen LogP contribution in [0.1, 0.15) is 12.0 Å². The standard InChI is InChI=1S/C19H22N6O/c1-24(2)10-6-11-25-12-9-16-15(18(25)26)13-21-19(22-16)23-17(20)14-7-4-3-5-8-14/h3-5,7-9,12-13H,6,10-11H2,1-2H3,(H2,20,21,22,23). The van der Waals surface area contributed by atoms with E-state index in [1.54, 1.807) is 10.8 Å². The number of pyridine rings is 1. The Hall–Kier alpha value is -3.06. The van der Waals surface area contributed by atoms with Crippen molar-refractivity contribution >= 4 is 16.7 Å². The molecule has 0 fully saturated rings. The summed E-state index contributed by atoms with van der Waals surface area (Å²) < 4.78 is 1.70. The normalized spacial score (nSPS) is 12.0. The van der Waals surface area contributed by atoms with Crippen LogP contribution in [0.15, 0.2) is 58.6 Å². The first-order valence-electron chi connectivity index (χ1n) is 8.46. The van der Waals surface area contributed by atoms with Crippen LogP contribution in [0.5, 0.6) is 0 Å². The highest BCUT2D eigenvalue weighted by atomic mass is 16.1. The zero-order valence-electron chi connectivity index (χ0n) is 14.9. The molecule has 0 aliphatic carbocycles. The van der Waals surface area contributed by atoms with Gasteiger partial charge >= 0.3 is 0 Å². The number of aryl methyl sites for hydroxylation is 1. The molecule has 2 heterocycles. The number of nitrogens with zero attached hydrogens (tertiary/aromatic N) is 4. The lowest BCUT2D eigenvalue weighted by Gasteiger charge is -2.11. The predicted molar refractivity (Wildman–Crippen MR) is 102 cm³/mol. The Balaban J connectivity index is 1.89. The van der Waals surface area contributed by atoms with Gasteiger partial charge in [-0.05, 0) is 33.1 Å². The monoisotopic (exact) mass is 350 g/mol. The summed E-state index contributed by atoms with van der Waals surface area (Å²) in [5, 5.41) is 8.58. The van der Waals surface area contributed by atoms with Crippen LogP contribution in [0.2, 0.25) is 0 Å². The molecule has 7 nitrogen and oxygen atoms in total. The van der Waals surface area contributed by atoms with Crippen LogP contribution in [0.3, 0.4) is 0 Å². The van der Waals surface area contributed by atoms with Crippen LogP contribution < -0.4 is 11.2 Å². The summed E-state index contributed by atoms with van der Waals surface area (Å²) in [6, 6.07) is 11.1.